The van der Waals surface area contributed by atoms with Crippen LogP contribution in [0.25, 0.3) is 11.0 Å². The summed E-state index contributed by atoms with van der Waals surface area (Å²) in [4.78, 5) is 11.4. The molecule has 0 atom stereocenters. The van der Waals surface area contributed by atoms with Gasteiger partial charge in [-0.1, -0.05) is 18.2 Å². The molecule has 0 saturated heterocycles. The fourth-order valence-electron chi connectivity index (χ4n) is 2.41. The Labute approximate surface area is 129 Å². The zero-order valence-electron chi connectivity index (χ0n) is 11.6. The summed E-state index contributed by atoms with van der Waals surface area (Å²) in [5.41, 5.74) is 3.04. The maximum atomic E-state index is 11.4. The maximum Gasteiger partial charge on any atom is 0.372 e. The summed E-state index contributed by atoms with van der Waals surface area (Å²) in [6, 6.07) is 7.31. The van der Waals surface area contributed by atoms with Crippen LogP contribution in [0.5, 0.6) is 0 Å². The van der Waals surface area contributed by atoms with Crippen LogP contribution in [-0.2, 0) is 6.54 Å². The lowest BCUT2D eigenvalue weighted by Crippen LogP contribution is -2.08. The quantitative estimate of drug-likeness (QED) is 0.782. The van der Waals surface area contributed by atoms with Crippen LogP contribution in [0, 0.1) is 13.8 Å². The first-order chi connectivity index (χ1) is 9.99. The van der Waals surface area contributed by atoms with Gasteiger partial charge in [0.1, 0.15) is 5.58 Å². The first-order valence-electron chi connectivity index (χ1n) is 6.42. The molecule has 1 N–H and O–H groups in total. The third-order valence-electron chi connectivity index (χ3n) is 3.49. The Kier molecular flexibility index (Phi) is 3.33. The predicted octanol–water partition coefficient (Wildman–Crippen LogP) is 3.76. The SMILES string of the molecule is Cc1nn(Cc2c(C(=O)O)oc3ccccc23)c(C)c1Br. The average molecular weight is 349 g/mol. The molecule has 2 aromatic heterocycles. The molecule has 0 saturated carbocycles. The first kappa shape index (κ1) is 13.9. The highest BCUT2D eigenvalue weighted by Crippen LogP contribution is 2.28. The minimum absolute atomic E-state index is 0.0279. The van der Waals surface area contributed by atoms with Crippen LogP contribution in [0.4, 0.5) is 0 Å². The van der Waals surface area contributed by atoms with Crippen LogP contribution in [0.2, 0.25) is 0 Å². The summed E-state index contributed by atoms with van der Waals surface area (Å²) in [7, 11) is 0. The summed E-state index contributed by atoms with van der Waals surface area (Å²) in [5, 5.41) is 14.6. The van der Waals surface area contributed by atoms with E-state index in [1.807, 2.05) is 32.0 Å². The van der Waals surface area contributed by atoms with Crippen molar-refractivity contribution in [2.75, 3.05) is 0 Å². The van der Waals surface area contributed by atoms with E-state index in [2.05, 4.69) is 21.0 Å². The molecule has 1 aromatic carbocycles. The number of carboxylic acid groups (broad SMARTS) is 1. The Balaban J connectivity index is 2.17. The normalized spacial score (nSPS) is 11.2. The van der Waals surface area contributed by atoms with Crippen molar-refractivity contribution in [2.45, 2.75) is 20.4 Å². The largest absolute Gasteiger partial charge is 0.475 e. The number of halogens is 1. The maximum absolute atomic E-state index is 11.4. The highest BCUT2D eigenvalue weighted by atomic mass is 79.9. The van der Waals surface area contributed by atoms with E-state index in [0.717, 1.165) is 21.2 Å². The number of hydrogen-bond acceptors (Lipinski definition) is 3. The number of para-hydroxylation sites is 1. The zero-order chi connectivity index (χ0) is 15.1. The summed E-state index contributed by atoms with van der Waals surface area (Å²) < 4.78 is 8.18. The van der Waals surface area contributed by atoms with Gasteiger partial charge in [-0.05, 0) is 35.8 Å². The molecule has 0 bridgehead atoms. The third-order valence-corrected chi connectivity index (χ3v) is 4.64. The molecule has 6 heteroatoms. The molecule has 108 valence electrons. The summed E-state index contributed by atoms with van der Waals surface area (Å²) >= 11 is 3.48. The van der Waals surface area contributed by atoms with E-state index in [9.17, 15) is 9.90 Å². The monoisotopic (exact) mass is 348 g/mol. The minimum atomic E-state index is -1.07. The number of benzene rings is 1. The van der Waals surface area contributed by atoms with Gasteiger partial charge in [-0.25, -0.2) is 4.79 Å². The molecule has 5 nitrogen and oxygen atoms in total. The van der Waals surface area contributed by atoms with Gasteiger partial charge in [-0.15, -0.1) is 0 Å². The van der Waals surface area contributed by atoms with Crippen molar-refractivity contribution in [3.8, 4) is 0 Å². The van der Waals surface area contributed by atoms with Crippen LogP contribution in [0.1, 0.15) is 27.5 Å². The van der Waals surface area contributed by atoms with E-state index in [1.165, 1.54) is 0 Å². The summed E-state index contributed by atoms with van der Waals surface area (Å²) in [6.45, 7) is 4.20. The van der Waals surface area contributed by atoms with Crippen LogP contribution in [-0.4, -0.2) is 20.9 Å². The van der Waals surface area contributed by atoms with Gasteiger partial charge in [0.25, 0.3) is 0 Å². The second kappa shape index (κ2) is 5.04. The fourth-order valence-corrected chi connectivity index (χ4v) is 2.69. The number of rotatable bonds is 3. The molecular weight excluding hydrogens is 336 g/mol. The van der Waals surface area contributed by atoms with Gasteiger partial charge < -0.3 is 9.52 Å². The van der Waals surface area contributed by atoms with E-state index in [1.54, 1.807) is 10.7 Å². The predicted molar refractivity (Wildman–Crippen MR) is 81.7 cm³/mol. The van der Waals surface area contributed by atoms with Gasteiger partial charge in [-0.3, -0.25) is 4.68 Å². The van der Waals surface area contributed by atoms with Gasteiger partial charge in [0.05, 0.1) is 22.4 Å². The molecule has 2 heterocycles. The molecule has 0 aliphatic heterocycles. The first-order valence-corrected chi connectivity index (χ1v) is 7.21. The lowest BCUT2D eigenvalue weighted by Gasteiger charge is -2.04. The summed E-state index contributed by atoms with van der Waals surface area (Å²) in [5.74, 6) is -1.10. The Morgan fingerprint density at radius 2 is 2.10 bits per heavy atom. The number of carbonyl (C=O) groups is 1. The zero-order valence-corrected chi connectivity index (χ0v) is 13.1. The molecule has 0 unspecified atom stereocenters. The number of aryl methyl sites for hydroxylation is 1. The van der Waals surface area contributed by atoms with Crippen molar-refractivity contribution in [2.24, 2.45) is 0 Å². The Morgan fingerprint density at radius 1 is 1.38 bits per heavy atom. The van der Waals surface area contributed by atoms with E-state index >= 15 is 0 Å². The average Bonchev–Trinajstić information content (AvgIpc) is 2.94. The number of nitrogens with zero attached hydrogens (tertiary/aromatic N) is 2. The molecule has 0 fully saturated rings. The van der Waals surface area contributed by atoms with Crippen molar-refractivity contribution < 1.29 is 14.3 Å². The molecule has 0 aliphatic rings. The number of hydrogen-bond donors (Lipinski definition) is 1. The van der Waals surface area contributed by atoms with Gasteiger partial charge in [0.15, 0.2) is 0 Å². The molecule has 0 amide bonds. The second-order valence-corrected chi connectivity index (χ2v) is 5.65. The number of furan rings is 1. The van der Waals surface area contributed by atoms with Gasteiger partial charge in [-0.2, -0.15) is 5.10 Å². The van der Waals surface area contributed by atoms with Gasteiger partial charge >= 0.3 is 5.97 Å². The number of aromatic carboxylic acids is 1. The van der Waals surface area contributed by atoms with Crippen molar-refractivity contribution in [3.63, 3.8) is 0 Å². The third kappa shape index (κ3) is 2.25. The van der Waals surface area contributed by atoms with Crippen LogP contribution in [0.15, 0.2) is 33.2 Å². The fraction of sp³-hybridized carbons (Fsp3) is 0.200. The molecule has 3 aromatic rings. The smallest absolute Gasteiger partial charge is 0.372 e. The Bertz CT molecular complexity index is 848. The van der Waals surface area contributed by atoms with Crippen molar-refractivity contribution in [1.29, 1.82) is 0 Å². The minimum Gasteiger partial charge on any atom is -0.475 e. The molecule has 0 aliphatic carbocycles. The highest BCUT2D eigenvalue weighted by Gasteiger charge is 2.21. The molecule has 0 spiro atoms. The van der Waals surface area contributed by atoms with Gasteiger partial charge in [0, 0.05) is 10.9 Å². The number of aromatic nitrogens is 2. The Morgan fingerprint density at radius 3 is 2.71 bits per heavy atom. The topological polar surface area (TPSA) is 68.3 Å². The molecular formula is C15H13BrN2O3. The molecule has 3 rings (SSSR count). The second-order valence-electron chi connectivity index (χ2n) is 4.85. The highest BCUT2D eigenvalue weighted by molar-refractivity contribution is 9.10. The number of carboxylic acids is 1. The van der Waals surface area contributed by atoms with E-state index < -0.39 is 5.97 Å². The van der Waals surface area contributed by atoms with Gasteiger partial charge in [0.2, 0.25) is 5.76 Å². The van der Waals surface area contributed by atoms with Crippen molar-refractivity contribution in [3.05, 3.63) is 51.4 Å². The standard InChI is InChI=1S/C15H13BrN2O3/c1-8-13(16)9(2)18(17-8)7-11-10-5-3-4-6-12(10)21-14(11)15(19)20/h3-6H,7H2,1-2H3,(H,19,20). The molecule has 21 heavy (non-hydrogen) atoms. The summed E-state index contributed by atoms with van der Waals surface area (Å²) in [6.07, 6.45) is 0. The van der Waals surface area contributed by atoms with E-state index in [-0.39, 0.29) is 5.76 Å². The molecule has 0 radical (unpaired) electrons. The lowest BCUT2D eigenvalue weighted by molar-refractivity contribution is 0.0663. The van der Waals surface area contributed by atoms with Crippen LogP contribution < -0.4 is 0 Å². The lowest BCUT2D eigenvalue weighted by atomic mass is 10.1. The van der Waals surface area contributed by atoms with E-state index in [0.29, 0.717) is 17.7 Å². The Hall–Kier alpha value is -2.08. The van der Waals surface area contributed by atoms with Crippen molar-refractivity contribution in [1.82, 2.24) is 9.78 Å². The van der Waals surface area contributed by atoms with Crippen LogP contribution >= 0.6 is 15.9 Å². The number of fused-ring (bicyclic) bond motifs is 1. The van der Waals surface area contributed by atoms with E-state index in [4.69, 9.17) is 4.42 Å². The van der Waals surface area contributed by atoms with Crippen LogP contribution in [0.3, 0.4) is 0 Å². The van der Waals surface area contributed by atoms with Crippen molar-refractivity contribution >= 4 is 32.9 Å².